The van der Waals surface area contributed by atoms with E-state index in [9.17, 15) is 4.79 Å². The molecule has 13 heavy (non-hydrogen) atoms. The van der Waals surface area contributed by atoms with Crippen LogP contribution in [0.2, 0.25) is 0 Å². The average Bonchev–Trinajstić information content (AvgIpc) is 2.14. The van der Waals surface area contributed by atoms with Crippen molar-refractivity contribution < 1.29 is 4.79 Å². The van der Waals surface area contributed by atoms with Gasteiger partial charge in [-0.2, -0.15) is 0 Å². The van der Waals surface area contributed by atoms with Gasteiger partial charge in [-0.25, -0.2) is 4.79 Å². The van der Waals surface area contributed by atoms with Crippen LogP contribution in [0.5, 0.6) is 0 Å². The largest absolute Gasteiger partial charge is 0.331 e. The Labute approximate surface area is 80.7 Å². The van der Waals surface area contributed by atoms with Crippen LogP contribution in [0.4, 0.5) is 4.79 Å². The van der Waals surface area contributed by atoms with Gasteiger partial charge in [0.2, 0.25) is 0 Å². The molecule has 0 aromatic rings. The molecule has 2 N–H and O–H groups in total. The van der Waals surface area contributed by atoms with Crippen LogP contribution in [-0.4, -0.2) is 49.1 Å². The number of rotatable bonds is 3. The first-order chi connectivity index (χ1) is 5.89. The highest BCUT2D eigenvalue weighted by Crippen LogP contribution is 2.16. The van der Waals surface area contributed by atoms with Crippen molar-refractivity contribution in [3.63, 3.8) is 0 Å². The topological polar surface area (TPSA) is 49.6 Å². The average molecular weight is 187 g/mol. The molecule has 0 saturated carbocycles. The highest BCUT2D eigenvalue weighted by Gasteiger charge is 2.29. The number of hydrogen-bond donors (Lipinski definition) is 1. The molecular weight excluding hydrogens is 166 g/mol. The zero-order chi connectivity index (χ0) is 10.6. The number of nitrogens with zero attached hydrogens (tertiary/aromatic N) is 2. The number of carbonyl (C=O) groups is 1. The summed E-state index contributed by atoms with van der Waals surface area (Å²) in [6.07, 6.45) is 0.861. The zero-order valence-corrected chi connectivity index (χ0v) is 9.29. The number of nitrogens with two attached hydrogens (primary N) is 1. The maximum atomic E-state index is 11.6. The molecule has 0 aromatic carbocycles. The lowest BCUT2D eigenvalue weighted by Crippen LogP contribution is -2.54. The molecule has 0 bridgehead atoms. The predicted molar refractivity (Wildman–Crippen MR) is 54.6 cm³/mol. The summed E-state index contributed by atoms with van der Waals surface area (Å²) < 4.78 is 0. The monoisotopic (exact) mass is 187 g/mol. The van der Waals surface area contributed by atoms with Crippen LogP contribution in [0, 0.1) is 0 Å². The minimum absolute atomic E-state index is 0.00481. The van der Waals surface area contributed by atoms with E-state index in [1.54, 1.807) is 30.9 Å². The molecule has 0 spiro atoms. The van der Waals surface area contributed by atoms with E-state index >= 15 is 0 Å². The Morgan fingerprint density at radius 1 is 1.38 bits per heavy atom. The summed E-state index contributed by atoms with van der Waals surface area (Å²) in [5.41, 5.74) is 5.41. The Morgan fingerprint density at radius 2 is 1.85 bits per heavy atom. The molecule has 1 unspecified atom stereocenters. The molecule has 78 valence electrons. The summed E-state index contributed by atoms with van der Waals surface area (Å²) in [5.74, 6) is 0. The van der Waals surface area contributed by atoms with Gasteiger partial charge in [-0.1, -0.05) is 6.92 Å². The van der Waals surface area contributed by atoms with Gasteiger partial charge in [0.05, 0.1) is 5.54 Å². The second kappa shape index (κ2) is 4.46. The molecule has 0 saturated heterocycles. The van der Waals surface area contributed by atoms with Gasteiger partial charge in [-0.05, 0) is 13.3 Å². The van der Waals surface area contributed by atoms with E-state index < -0.39 is 0 Å². The third-order valence-electron chi connectivity index (χ3n) is 2.68. The van der Waals surface area contributed by atoms with E-state index in [1.807, 2.05) is 13.8 Å². The quantitative estimate of drug-likeness (QED) is 0.708. The maximum Gasteiger partial charge on any atom is 0.319 e. The summed E-state index contributed by atoms with van der Waals surface area (Å²) in [5, 5.41) is 0. The van der Waals surface area contributed by atoms with Crippen molar-refractivity contribution in [3.05, 3.63) is 0 Å². The fourth-order valence-corrected chi connectivity index (χ4v) is 1.05. The molecule has 2 amide bonds. The molecule has 0 rings (SSSR count). The fraction of sp³-hybridized carbons (Fsp3) is 0.889. The van der Waals surface area contributed by atoms with Gasteiger partial charge < -0.3 is 15.5 Å². The minimum atomic E-state index is -0.235. The fourth-order valence-electron chi connectivity index (χ4n) is 1.05. The molecule has 0 aliphatic rings. The molecule has 1 atom stereocenters. The Hall–Kier alpha value is -0.770. The van der Waals surface area contributed by atoms with Crippen LogP contribution < -0.4 is 5.73 Å². The minimum Gasteiger partial charge on any atom is -0.331 e. The first-order valence-electron chi connectivity index (χ1n) is 4.54. The molecule has 4 heteroatoms. The molecule has 0 aliphatic carbocycles. The molecule has 0 radical (unpaired) electrons. The van der Waals surface area contributed by atoms with E-state index in [-0.39, 0.29) is 11.6 Å². The molecular formula is C9H21N3O. The standard InChI is InChI=1S/C9H21N3O/c1-6-9(2,7-10)12(5)8(13)11(3)4/h6-7,10H2,1-5H3. The van der Waals surface area contributed by atoms with Crippen molar-refractivity contribution >= 4 is 6.03 Å². The Bertz CT molecular complexity index is 176. The zero-order valence-electron chi connectivity index (χ0n) is 9.29. The summed E-state index contributed by atoms with van der Waals surface area (Å²) in [7, 11) is 5.27. The summed E-state index contributed by atoms with van der Waals surface area (Å²) >= 11 is 0. The molecule has 0 aromatic heterocycles. The number of likely N-dealkylation sites (N-methyl/N-ethyl adjacent to an activating group) is 1. The van der Waals surface area contributed by atoms with Crippen LogP contribution >= 0.6 is 0 Å². The van der Waals surface area contributed by atoms with Crippen molar-refractivity contribution in [2.75, 3.05) is 27.7 Å². The van der Waals surface area contributed by atoms with Gasteiger partial charge in [0.25, 0.3) is 0 Å². The lowest BCUT2D eigenvalue weighted by atomic mass is 9.97. The third kappa shape index (κ3) is 2.59. The van der Waals surface area contributed by atoms with Gasteiger partial charge in [0.1, 0.15) is 0 Å². The van der Waals surface area contributed by atoms with Gasteiger partial charge in [-0.15, -0.1) is 0 Å². The Morgan fingerprint density at radius 3 is 2.08 bits per heavy atom. The summed E-state index contributed by atoms with van der Waals surface area (Å²) in [6, 6.07) is -0.00481. The first-order valence-corrected chi connectivity index (χ1v) is 4.54. The normalized spacial score (nSPS) is 14.9. The SMILES string of the molecule is CCC(C)(CN)N(C)C(=O)N(C)C. The highest BCUT2D eigenvalue weighted by atomic mass is 16.2. The van der Waals surface area contributed by atoms with Crippen molar-refractivity contribution in [1.29, 1.82) is 0 Å². The molecule has 0 fully saturated rings. The van der Waals surface area contributed by atoms with Gasteiger partial charge in [0, 0.05) is 27.7 Å². The maximum absolute atomic E-state index is 11.6. The van der Waals surface area contributed by atoms with E-state index in [1.165, 1.54) is 0 Å². The number of hydrogen-bond acceptors (Lipinski definition) is 2. The Balaban J connectivity index is 4.55. The van der Waals surface area contributed by atoms with E-state index in [4.69, 9.17) is 5.73 Å². The smallest absolute Gasteiger partial charge is 0.319 e. The highest BCUT2D eigenvalue weighted by molar-refractivity contribution is 5.74. The lowest BCUT2D eigenvalue weighted by Gasteiger charge is -2.38. The number of urea groups is 1. The predicted octanol–water partition coefficient (Wildman–Crippen LogP) is 0.727. The molecule has 0 aliphatic heterocycles. The Kier molecular flexibility index (Phi) is 4.20. The van der Waals surface area contributed by atoms with Crippen LogP contribution in [0.3, 0.4) is 0 Å². The van der Waals surface area contributed by atoms with Crippen LogP contribution in [-0.2, 0) is 0 Å². The van der Waals surface area contributed by atoms with Gasteiger partial charge >= 0.3 is 6.03 Å². The first kappa shape index (κ1) is 12.2. The second-order valence-corrected chi connectivity index (χ2v) is 3.79. The molecule has 0 heterocycles. The second-order valence-electron chi connectivity index (χ2n) is 3.79. The molecule has 4 nitrogen and oxygen atoms in total. The summed E-state index contributed by atoms with van der Waals surface area (Å²) in [4.78, 5) is 14.9. The van der Waals surface area contributed by atoms with Crippen molar-refractivity contribution in [2.45, 2.75) is 25.8 Å². The number of amides is 2. The van der Waals surface area contributed by atoms with Crippen LogP contribution in [0.25, 0.3) is 0 Å². The van der Waals surface area contributed by atoms with E-state index in [2.05, 4.69) is 0 Å². The van der Waals surface area contributed by atoms with Gasteiger partial charge in [0.15, 0.2) is 0 Å². The van der Waals surface area contributed by atoms with Crippen molar-refractivity contribution in [1.82, 2.24) is 9.80 Å². The third-order valence-corrected chi connectivity index (χ3v) is 2.68. The van der Waals surface area contributed by atoms with E-state index in [0.717, 1.165) is 6.42 Å². The van der Waals surface area contributed by atoms with Crippen LogP contribution in [0.15, 0.2) is 0 Å². The number of carbonyl (C=O) groups excluding carboxylic acids is 1. The van der Waals surface area contributed by atoms with Crippen molar-refractivity contribution in [2.24, 2.45) is 5.73 Å². The van der Waals surface area contributed by atoms with Crippen molar-refractivity contribution in [3.8, 4) is 0 Å². The summed E-state index contributed by atoms with van der Waals surface area (Å²) in [6.45, 7) is 4.51. The van der Waals surface area contributed by atoms with Gasteiger partial charge in [-0.3, -0.25) is 0 Å². The van der Waals surface area contributed by atoms with Crippen LogP contribution in [0.1, 0.15) is 20.3 Å². The van der Waals surface area contributed by atoms with E-state index in [0.29, 0.717) is 6.54 Å². The lowest BCUT2D eigenvalue weighted by molar-refractivity contribution is 0.125.